The van der Waals surface area contributed by atoms with Crippen molar-refractivity contribution in [1.82, 2.24) is 9.79 Å². The lowest BCUT2D eigenvalue weighted by Gasteiger charge is -2.31. The Bertz CT molecular complexity index is 2900. The second-order valence-electron chi connectivity index (χ2n) is 17.7. The van der Waals surface area contributed by atoms with Gasteiger partial charge in [0.25, 0.3) is 21.5 Å². The van der Waals surface area contributed by atoms with Gasteiger partial charge in [-0.1, -0.05) is 6.07 Å². The van der Waals surface area contributed by atoms with Crippen molar-refractivity contribution in [3.05, 3.63) is 125 Å². The van der Waals surface area contributed by atoms with Crippen molar-refractivity contribution in [3.63, 3.8) is 0 Å². The summed E-state index contributed by atoms with van der Waals surface area (Å²) in [6.45, 7) is -0.880. The number of benzene rings is 2. The number of aryl methyl sites for hydroxylation is 2. The number of methoxy groups -OCH3 is 1. The van der Waals surface area contributed by atoms with E-state index in [2.05, 4.69) is 26.5 Å². The van der Waals surface area contributed by atoms with Crippen LogP contribution in [0, 0.1) is 27.2 Å². The minimum absolute atomic E-state index is 0.0357. The number of ketones is 1. The van der Waals surface area contributed by atoms with Crippen LogP contribution in [-0.2, 0) is 30.9 Å². The summed E-state index contributed by atoms with van der Waals surface area (Å²) in [6, 6.07) is 10.2. The molecule has 0 radical (unpaired) electrons. The number of quaternary nitrogens is 1. The van der Waals surface area contributed by atoms with E-state index in [0.29, 0.717) is 34.0 Å². The van der Waals surface area contributed by atoms with Crippen LogP contribution < -0.4 is 19.5 Å². The number of aromatic nitrogens is 1. The highest BCUT2D eigenvalue weighted by Gasteiger charge is 2.54. The number of amides is 1. The molecule has 0 aliphatic carbocycles. The molecule has 0 saturated heterocycles. The molecule has 2 atom stereocenters. The Morgan fingerprint density at radius 3 is 2.31 bits per heavy atom. The molecule has 374 valence electrons. The number of halogens is 2. The largest absolute Gasteiger partial charge is 0.737 e. The lowest BCUT2D eigenvalue weighted by molar-refractivity contribution is -0.870. The Labute approximate surface area is 405 Å². The summed E-state index contributed by atoms with van der Waals surface area (Å²) in [5, 5.41) is 27.2. The van der Waals surface area contributed by atoms with Crippen molar-refractivity contribution < 1.29 is 73.7 Å². The monoisotopic (exact) mass is 1010 g/mol. The van der Waals surface area contributed by atoms with Gasteiger partial charge in [0.1, 0.15) is 23.6 Å². The zero-order chi connectivity index (χ0) is 51.3. The summed E-state index contributed by atoms with van der Waals surface area (Å²) in [5.74, 6) is -3.09. The number of fused-ring (bicyclic) bond motifs is 2. The summed E-state index contributed by atoms with van der Waals surface area (Å²) in [4.78, 5) is 61.5. The molecule has 2 N–H and O–H groups in total. The van der Waals surface area contributed by atoms with Gasteiger partial charge in [-0.3, -0.25) is 34.4 Å². The van der Waals surface area contributed by atoms with Gasteiger partial charge in [0, 0.05) is 54.8 Å². The van der Waals surface area contributed by atoms with Gasteiger partial charge >= 0.3 is 13.1 Å². The Hall–Kier alpha value is -6.83. The number of hydrogen-bond donors (Lipinski definition) is 2. The lowest BCUT2D eigenvalue weighted by atomic mass is 9.88. The van der Waals surface area contributed by atoms with Crippen LogP contribution >= 0.6 is 11.3 Å². The molecular formula is C45H52BF2N6O14S2+. The first-order valence-electron chi connectivity index (χ1n) is 21.9. The van der Waals surface area contributed by atoms with Gasteiger partial charge < -0.3 is 46.3 Å². The van der Waals surface area contributed by atoms with Crippen LogP contribution in [0.2, 0.25) is 0 Å². The minimum Gasteiger partial charge on any atom is -0.493 e. The molecule has 0 fully saturated rings. The number of Topliss-reactive ketones (excluding diaryl/α,β-unsaturated/α-hetero) is 1. The maximum atomic E-state index is 17.0. The number of nitro groups is 2. The zero-order valence-corrected chi connectivity index (χ0v) is 40.7. The van der Waals surface area contributed by atoms with E-state index in [0.717, 1.165) is 62.3 Å². The van der Waals surface area contributed by atoms with Gasteiger partial charge in [-0.2, -0.15) is 8.42 Å². The Kier molecular flexibility index (Phi) is 16.1. The van der Waals surface area contributed by atoms with E-state index in [1.165, 1.54) is 31.4 Å². The molecule has 2 aromatic carbocycles. The van der Waals surface area contributed by atoms with Crippen LogP contribution in [0.4, 0.5) is 24.8 Å². The second kappa shape index (κ2) is 21.4. The van der Waals surface area contributed by atoms with Crippen LogP contribution in [0.3, 0.4) is 0 Å². The number of rotatable bonds is 23. The quantitative estimate of drug-likeness (QED) is 0.0109. The number of nitro benzene ring substituents is 2. The number of carbonyl (C=O) groups is 3. The van der Waals surface area contributed by atoms with Crippen LogP contribution in [0.5, 0.6) is 17.2 Å². The van der Waals surface area contributed by atoms with Crippen LogP contribution in [0.1, 0.15) is 72.5 Å². The van der Waals surface area contributed by atoms with Gasteiger partial charge in [-0.25, -0.2) is 4.79 Å². The maximum absolute atomic E-state index is 17.0. The first-order valence-corrected chi connectivity index (χ1v) is 24.4. The van der Waals surface area contributed by atoms with Crippen molar-refractivity contribution >= 4 is 69.4 Å². The first-order chi connectivity index (χ1) is 32.9. The number of hydrogen-bond acceptors (Lipinski definition) is 14. The van der Waals surface area contributed by atoms with Gasteiger partial charge in [-0.05, 0) is 80.1 Å². The van der Waals surface area contributed by atoms with E-state index < -0.39 is 81.2 Å². The Morgan fingerprint density at radius 2 is 1.70 bits per heavy atom. The Morgan fingerprint density at radius 1 is 0.986 bits per heavy atom. The van der Waals surface area contributed by atoms with Gasteiger partial charge in [0.2, 0.25) is 5.91 Å². The third-order valence-electron chi connectivity index (χ3n) is 11.5. The molecule has 0 bridgehead atoms. The lowest BCUT2D eigenvalue weighted by Crippen LogP contribution is -2.51. The summed E-state index contributed by atoms with van der Waals surface area (Å²) in [6.07, 6.45) is 1.26. The molecule has 2 aromatic heterocycles. The van der Waals surface area contributed by atoms with Crippen molar-refractivity contribution in [2.45, 2.75) is 64.5 Å². The fourth-order valence-corrected chi connectivity index (χ4v) is 9.63. The predicted molar refractivity (Wildman–Crippen MR) is 254 cm³/mol. The number of nitrogens with zero attached hydrogens (tertiary/aromatic N) is 5. The second-order valence-corrected chi connectivity index (χ2v) is 20.1. The number of carbonyl (C=O) groups excluding carboxylic acids is 3. The number of non-ortho nitro benzene ring substituents is 1. The van der Waals surface area contributed by atoms with Crippen LogP contribution in [-0.4, -0.2) is 120 Å². The fraction of sp³-hybridized carbons (Fsp3) is 0.378. The summed E-state index contributed by atoms with van der Waals surface area (Å²) >= 11 is 1.35. The van der Waals surface area contributed by atoms with E-state index in [1.54, 1.807) is 31.2 Å². The number of allylic oxidation sites excluding steroid dienone is 2. The van der Waals surface area contributed by atoms with Crippen LogP contribution in [0.15, 0.2) is 77.3 Å². The van der Waals surface area contributed by atoms with Crippen LogP contribution in [0.25, 0.3) is 6.08 Å². The fourth-order valence-electron chi connectivity index (χ4n) is 8.20. The number of thiophene rings is 1. The third-order valence-corrected chi connectivity index (χ3v) is 13.1. The van der Waals surface area contributed by atoms with E-state index in [4.69, 9.17) is 18.9 Å². The van der Waals surface area contributed by atoms with Crippen molar-refractivity contribution in [3.8, 4) is 17.2 Å². The number of nitrogens with one attached hydrogen (secondary N) is 1. The molecule has 2 aliphatic rings. The topological polar surface area (TPSA) is 249 Å². The van der Waals surface area contributed by atoms with Gasteiger partial charge in [-0.15, -0.1) is 11.3 Å². The highest BCUT2D eigenvalue weighted by molar-refractivity contribution is 7.85. The maximum Gasteiger partial charge on any atom is 0.737 e. The smallest absolute Gasteiger partial charge is 0.493 e. The molecule has 70 heavy (non-hydrogen) atoms. The summed E-state index contributed by atoms with van der Waals surface area (Å²) in [7, 11) is 2.63. The Balaban J connectivity index is 1.09. The van der Waals surface area contributed by atoms with Crippen molar-refractivity contribution in [2.24, 2.45) is 0 Å². The van der Waals surface area contributed by atoms with E-state index in [9.17, 15) is 47.6 Å². The first kappa shape index (κ1) is 52.5. The highest BCUT2D eigenvalue weighted by Crippen LogP contribution is 2.41. The molecule has 4 aromatic rings. The SMILES string of the molecule is COc1cc(C(C)OC(=O)Oc2ccc([N+](=O)[O-])cc2)c([N+](=O)[O-])cc1OCCCC(=O)C(CS(=O)(=O)O)NC(=O)CCc1cc(C)c2n1[B-](F)(F)[N+]1=C(c3cccs3)C=C(CCC[N+](C)(C)C)C1=C2. The molecule has 2 aliphatic heterocycles. The average molecular weight is 1010 g/mol. The molecule has 1 amide bonds. The summed E-state index contributed by atoms with van der Waals surface area (Å²) in [5.41, 5.74) is 1.68. The molecule has 0 spiro atoms. The van der Waals surface area contributed by atoms with Crippen molar-refractivity contribution in [2.75, 3.05) is 47.2 Å². The average Bonchev–Trinajstić information content (AvgIpc) is 4.02. The molecule has 4 heterocycles. The minimum atomic E-state index is -4.82. The molecular weight excluding hydrogens is 961 g/mol. The molecule has 6 rings (SSSR count). The van der Waals surface area contributed by atoms with Gasteiger partial charge in [0.15, 0.2) is 28.7 Å². The van der Waals surface area contributed by atoms with E-state index >= 15 is 8.63 Å². The standard InChI is InChI=1S/C45H51BF2N6O14S2/c1-28-22-32(50-36(28)25-37-30(10-7-19-54(3,4)5)23-39(43-12-9-21-69-43)51(37)46(50,47)48)15-18-44(56)49-35(27-70(62,63)64)40(55)11-8-20-66-42-26-38(53(60)61)34(24-41(42)65-6)29(2)67-45(57)68-33-16-13-31(14-17-33)52(58)59/h9,12-14,16-17,21-26,29,35H,7-8,10-11,15,18-20,27H2,1-6H3,(H-,49,56,62,63,64)/p+1. The highest BCUT2D eigenvalue weighted by atomic mass is 32.2. The number of ether oxygens (including phenoxy) is 4. The summed E-state index contributed by atoms with van der Waals surface area (Å²) < 4.78 is 91.8. The van der Waals surface area contributed by atoms with E-state index in [1.807, 2.05) is 11.5 Å². The molecule has 2 unspecified atom stereocenters. The zero-order valence-electron chi connectivity index (χ0n) is 39.1. The molecule has 0 saturated carbocycles. The van der Waals surface area contributed by atoms with Gasteiger partial charge in [0.05, 0.1) is 67.8 Å². The van der Waals surface area contributed by atoms with Crippen molar-refractivity contribution in [1.29, 1.82) is 0 Å². The predicted octanol–water partition coefficient (Wildman–Crippen LogP) is 7.20. The molecule has 20 nitrogen and oxygen atoms in total. The van der Waals surface area contributed by atoms with E-state index in [-0.39, 0.29) is 53.6 Å². The third kappa shape index (κ3) is 12.7. The normalized spacial score (nSPS) is 14.9. The molecule has 25 heteroatoms.